The molecule has 0 spiro atoms. The molecule has 0 radical (unpaired) electrons. The number of nitrogens with zero attached hydrogens (tertiary/aromatic N) is 3. The van der Waals surface area contributed by atoms with Crippen molar-refractivity contribution in [3.05, 3.63) is 65.4 Å². The van der Waals surface area contributed by atoms with E-state index in [0.29, 0.717) is 5.92 Å². The minimum Gasteiger partial charge on any atom is -0.303 e. The third kappa shape index (κ3) is 5.57. The van der Waals surface area contributed by atoms with Crippen LogP contribution in [0, 0.1) is 19.8 Å². The molecule has 0 bridgehead atoms. The Kier molecular flexibility index (Phi) is 8.31. The van der Waals surface area contributed by atoms with Gasteiger partial charge < -0.3 is 4.90 Å². The summed E-state index contributed by atoms with van der Waals surface area (Å²) in [4.78, 5) is 9.38. The van der Waals surface area contributed by atoms with Gasteiger partial charge in [-0.15, -0.1) is 0 Å². The average Bonchev–Trinajstić information content (AvgIpc) is 3.03. The quantitative estimate of drug-likeness (QED) is 0.274. The van der Waals surface area contributed by atoms with Gasteiger partial charge in [-0.1, -0.05) is 61.4 Å². The van der Waals surface area contributed by atoms with Crippen molar-refractivity contribution >= 4 is 12.0 Å². The zero-order valence-corrected chi connectivity index (χ0v) is 20.2. The lowest BCUT2D eigenvalue weighted by Gasteiger charge is -2.40. The number of hydrogen-bond acceptors (Lipinski definition) is 2. The molecular formula is C28H41N3. The highest BCUT2D eigenvalue weighted by Gasteiger charge is 2.31. The van der Waals surface area contributed by atoms with Crippen LogP contribution in [0.1, 0.15) is 63.0 Å². The maximum Gasteiger partial charge on any atom is 0.0934 e. The van der Waals surface area contributed by atoms with E-state index < -0.39 is 0 Å². The van der Waals surface area contributed by atoms with Crippen molar-refractivity contribution in [3.8, 4) is 0 Å². The van der Waals surface area contributed by atoms with E-state index in [1.807, 2.05) is 13.4 Å². The molecule has 1 aromatic rings. The van der Waals surface area contributed by atoms with Crippen LogP contribution in [0.4, 0.5) is 5.69 Å². The number of aliphatic imine (C=N–C) groups is 1. The van der Waals surface area contributed by atoms with Gasteiger partial charge in [0.2, 0.25) is 0 Å². The largest absolute Gasteiger partial charge is 0.303 e. The van der Waals surface area contributed by atoms with Gasteiger partial charge in [-0.3, -0.25) is 9.89 Å². The molecule has 2 aliphatic rings. The normalized spacial score (nSPS) is 21.4. The van der Waals surface area contributed by atoms with E-state index in [2.05, 4.69) is 66.4 Å². The number of para-hydroxylation sites is 1. The number of likely N-dealkylation sites (tertiary alicyclic amines) is 1. The summed E-state index contributed by atoms with van der Waals surface area (Å²) in [5, 5.41) is 0. The molecule has 1 aromatic carbocycles. The Morgan fingerprint density at radius 1 is 1.13 bits per heavy atom. The van der Waals surface area contributed by atoms with Crippen molar-refractivity contribution in [2.75, 3.05) is 25.0 Å². The van der Waals surface area contributed by atoms with Gasteiger partial charge in [-0.25, -0.2) is 0 Å². The highest BCUT2D eigenvalue weighted by atomic mass is 15.2. The van der Waals surface area contributed by atoms with Gasteiger partial charge in [0, 0.05) is 12.7 Å². The Labute approximate surface area is 190 Å². The second kappa shape index (κ2) is 10.9. The van der Waals surface area contributed by atoms with Crippen molar-refractivity contribution in [2.24, 2.45) is 10.9 Å². The monoisotopic (exact) mass is 419 g/mol. The lowest BCUT2D eigenvalue weighted by atomic mass is 9.82. The van der Waals surface area contributed by atoms with E-state index in [4.69, 9.17) is 6.58 Å². The molecule has 0 aromatic heterocycles. The number of hydrogen-bond donors (Lipinski definition) is 0. The fraction of sp³-hybridized carbons (Fsp3) is 0.536. The van der Waals surface area contributed by atoms with Crippen molar-refractivity contribution < 1.29 is 0 Å². The third-order valence-corrected chi connectivity index (χ3v) is 7.04. The first kappa shape index (κ1) is 23.5. The Bertz CT molecular complexity index is 820. The summed E-state index contributed by atoms with van der Waals surface area (Å²) in [5.41, 5.74) is 7.71. The molecule has 3 heteroatoms. The fourth-order valence-electron chi connectivity index (χ4n) is 5.27. The second-order valence-corrected chi connectivity index (χ2v) is 9.42. The number of benzene rings is 1. The van der Waals surface area contributed by atoms with Crippen molar-refractivity contribution in [1.82, 2.24) is 4.90 Å². The van der Waals surface area contributed by atoms with Crippen molar-refractivity contribution in [3.63, 3.8) is 0 Å². The van der Waals surface area contributed by atoms with Crippen LogP contribution in [0.15, 0.2) is 59.3 Å². The van der Waals surface area contributed by atoms with Crippen LogP contribution in [0.25, 0.3) is 0 Å². The Morgan fingerprint density at radius 2 is 1.77 bits per heavy atom. The number of anilines is 1. The molecule has 0 N–H and O–H groups in total. The zero-order chi connectivity index (χ0) is 22.4. The molecule has 2 unspecified atom stereocenters. The molecule has 3 nitrogen and oxygen atoms in total. The van der Waals surface area contributed by atoms with Gasteiger partial charge in [0.25, 0.3) is 0 Å². The van der Waals surface area contributed by atoms with Gasteiger partial charge in [-0.2, -0.15) is 0 Å². The molecule has 1 aliphatic carbocycles. The van der Waals surface area contributed by atoms with Crippen LogP contribution in [0.2, 0.25) is 0 Å². The van der Waals surface area contributed by atoms with Gasteiger partial charge in [0.15, 0.2) is 0 Å². The van der Waals surface area contributed by atoms with Gasteiger partial charge in [0.05, 0.1) is 18.1 Å². The van der Waals surface area contributed by atoms with Gasteiger partial charge in [-0.05, 0) is 83.0 Å². The predicted molar refractivity (Wildman–Crippen MR) is 136 cm³/mol. The Morgan fingerprint density at radius 3 is 2.29 bits per heavy atom. The molecule has 1 heterocycles. The smallest absolute Gasteiger partial charge is 0.0934 e. The van der Waals surface area contributed by atoms with Crippen molar-refractivity contribution in [2.45, 2.75) is 71.8 Å². The number of allylic oxidation sites excluding steroid dienone is 2. The summed E-state index contributed by atoms with van der Waals surface area (Å²) in [6.45, 7) is 17.8. The number of rotatable bonds is 7. The molecular weight excluding hydrogens is 378 g/mol. The first-order valence-electron chi connectivity index (χ1n) is 12.0. The topological polar surface area (TPSA) is 18.8 Å². The summed E-state index contributed by atoms with van der Waals surface area (Å²) < 4.78 is 0. The lowest BCUT2D eigenvalue weighted by Crippen LogP contribution is -2.44. The Balaban J connectivity index is 2.00. The first-order chi connectivity index (χ1) is 14.9. The molecule has 1 fully saturated rings. The fourth-order valence-corrected chi connectivity index (χ4v) is 5.27. The highest BCUT2D eigenvalue weighted by Crippen LogP contribution is 2.36. The summed E-state index contributed by atoms with van der Waals surface area (Å²) in [6.07, 6.45) is 13.1. The van der Waals surface area contributed by atoms with Crippen LogP contribution in [-0.2, 0) is 0 Å². The van der Waals surface area contributed by atoms with E-state index in [1.165, 1.54) is 60.1 Å². The molecule has 0 amide bonds. The maximum absolute atomic E-state index is 4.70. The predicted octanol–water partition coefficient (Wildman–Crippen LogP) is 6.83. The Hall–Kier alpha value is -2.13. The maximum atomic E-state index is 4.70. The molecule has 3 rings (SSSR count). The van der Waals surface area contributed by atoms with E-state index >= 15 is 0 Å². The lowest BCUT2D eigenvalue weighted by molar-refractivity contribution is 0.245. The molecule has 31 heavy (non-hydrogen) atoms. The summed E-state index contributed by atoms with van der Waals surface area (Å²) in [6, 6.07) is 6.74. The van der Waals surface area contributed by atoms with E-state index in [1.54, 1.807) is 0 Å². The minimum absolute atomic E-state index is 0.237. The molecule has 1 aliphatic heterocycles. The molecule has 168 valence electrons. The van der Waals surface area contributed by atoms with Crippen LogP contribution in [0.3, 0.4) is 0 Å². The van der Waals surface area contributed by atoms with Crippen LogP contribution < -0.4 is 4.90 Å². The average molecular weight is 420 g/mol. The van der Waals surface area contributed by atoms with Crippen LogP contribution in [0.5, 0.6) is 0 Å². The van der Waals surface area contributed by atoms with Crippen molar-refractivity contribution in [1.29, 1.82) is 0 Å². The molecule has 1 saturated heterocycles. The third-order valence-electron chi connectivity index (χ3n) is 7.04. The highest BCUT2D eigenvalue weighted by molar-refractivity contribution is 5.86. The number of aryl methyl sites for hydroxylation is 2. The first-order valence-corrected chi connectivity index (χ1v) is 12.0. The second-order valence-electron chi connectivity index (χ2n) is 9.42. The van der Waals surface area contributed by atoms with Crippen LogP contribution >= 0.6 is 0 Å². The standard InChI is InChI=1S/C28H41N3/c1-21(2)25-14-16-26(17-15-25)28(30-18-9-7-8-10-19-30)24(5)31(20-29-6)27-22(3)12-11-13-23(27)4/h11-13,16,20,25,28H,1,5,7-10,14-15,17-19H2,2-4,6H3. The van der Waals surface area contributed by atoms with E-state index in [-0.39, 0.29) is 6.04 Å². The summed E-state index contributed by atoms with van der Waals surface area (Å²) in [7, 11) is 1.85. The van der Waals surface area contributed by atoms with E-state index in [0.717, 1.165) is 31.6 Å². The summed E-state index contributed by atoms with van der Waals surface area (Å²) >= 11 is 0. The van der Waals surface area contributed by atoms with Crippen LogP contribution in [-0.4, -0.2) is 37.4 Å². The SMILES string of the molecule is C=C(C)C1CC=C(C(C(=C)N(C=NC)c2c(C)cccc2C)N2CCCCCC2)CC1. The minimum atomic E-state index is 0.237. The van der Waals surface area contributed by atoms with Gasteiger partial charge in [0.1, 0.15) is 0 Å². The summed E-state index contributed by atoms with van der Waals surface area (Å²) in [5.74, 6) is 0.619. The van der Waals surface area contributed by atoms with Gasteiger partial charge >= 0.3 is 0 Å². The molecule has 0 saturated carbocycles. The van der Waals surface area contributed by atoms with E-state index in [9.17, 15) is 0 Å². The zero-order valence-electron chi connectivity index (χ0n) is 20.2. The molecule has 2 atom stereocenters.